The van der Waals surface area contributed by atoms with Gasteiger partial charge in [-0.05, 0) is 25.0 Å². The number of furan rings is 1. The third-order valence-corrected chi connectivity index (χ3v) is 3.08. The third kappa shape index (κ3) is 4.31. The lowest BCUT2D eigenvalue weighted by Gasteiger charge is -2.21. The standard InChI is InChI=1S/C13H20N2O4/c1-4-8(2)11(12(16)17)15-13(18)14-9(3)10-6-5-7-19-10/h5-9,11H,4H2,1-3H3,(H,16,17)(H2,14,15,18). The van der Waals surface area contributed by atoms with Crippen molar-refractivity contribution >= 4 is 12.0 Å². The van der Waals surface area contributed by atoms with E-state index in [1.165, 1.54) is 6.26 Å². The van der Waals surface area contributed by atoms with Crippen LogP contribution in [0.25, 0.3) is 0 Å². The Balaban J connectivity index is 2.56. The van der Waals surface area contributed by atoms with Crippen molar-refractivity contribution in [1.29, 1.82) is 0 Å². The molecule has 0 spiro atoms. The van der Waals surface area contributed by atoms with Crippen LogP contribution in [0.3, 0.4) is 0 Å². The van der Waals surface area contributed by atoms with Gasteiger partial charge in [-0.15, -0.1) is 0 Å². The first kappa shape index (κ1) is 15.1. The molecule has 0 aliphatic heterocycles. The molecule has 1 aromatic rings. The van der Waals surface area contributed by atoms with Gasteiger partial charge in [-0.25, -0.2) is 9.59 Å². The molecule has 19 heavy (non-hydrogen) atoms. The number of carbonyl (C=O) groups excluding carboxylic acids is 1. The van der Waals surface area contributed by atoms with Crippen molar-refractivity contribution in [2.75, 3.05) is 0 Å². The maximum atomic E-state index is 11.8. The van der Waals surface area contributed by atoms with Gasteiger partial charge in [0.15, 0.2) is 0 Å². The van der Waals surface area contributed by atoms with Gasteiger partial charge < -0.3 is 20.2 Å². The van der Waals surface area contributed by atoms with Gasteiger partial charge >= 0.3 is 12.0 Å². The first-order chi connectivity index (χ1) is 8.95. The molecule has 1 aromatic heterocycles. The quantitative estimate of drug-likeness (QED) is 0.737. The van der Waals surface area contributed by atoms with Crippen LogP contribution in [0.1, 0.15) is 39.0 Å². The maximum Gasteiger partial charge on any atom is 0.326 e. The van der Waals surface area contributed by atoms with Gasteiger partial charge in [0.25, 0.3) is 0 Å². The lowest BCUT2D eigenvalue weighted by Crippen LogP contribution is -2.49. The van der Waals surface area contributed by atoms with E-state index in [1.807, 2.05) is 6.92 Å². The maximum absolute atomic E-state index is 11.8. The van der Waals surface area contributed by atoms with Crippen LogP contribution in [-0.2, 0) is 4.79 Å². The van der Waals surface area contributed by atoms with Gasteiger partial charge in [-0.2, -0.15) is 0 Å². The highest BCUT2D eigenvalue weighted by atomic mass is 16.4. The molecule has 0 aliphatic rings. The van der Waals surface area contributed by atoms with E-state index in [0.29, 0.717) is 12.2 Å². The minimum Gasteiger partial charge on any atom is -0.480 e. The summed E-state index contributed by atoms with van der Waals surface area (Å²) in [7, 11) is 0. The minimum absolute atomic E-state index is 0.137. The number of carboxylic acids is 1. The van der Waals surface area contributed by atoms with Crippen LogP contribution in [0.15, 0.2) is 22.8 Å². The molecule has 3 N–H and O–H groups in total. The molecule has 0 aliphatic carbocycles. The molecule has 3 unspecified atom stereocenters. The number of urea groups is 1. The van der Waals surface area contributed by atoms with E-state index in [2.05, 4.69) is 10.6 Å². The Morgan fingerprint density at radius 2 is 2.05 bits per heavy atom. The third-order valence-electron chi connectivity index (χ3n) is 3.08. The van der Waals surface area contributed by atoms with E-state index in [1.54, 1.807) is 26.0 Å². The number of aliphatic carboxylic acids is 1. The van der Waals surface area contributed by atoms with Gasteiger partial charge in [0.2, 0.25) is 0 Å². The SMILES string of the molecule is CCC(C)C(NC(=O)NC(C)c1ccco1)C(=O)O. The molecular weight excluding hydrogens is 248 g/mol. The van der Waals surface area contributed by atoms with Gasteiger partial charge in [0.05, 0.1) is 12.3 Å². The number of carbonyl (C=O) groups is 2. The number of hydrogen-bond donors (Lipinski definition) is 3. The summed E-state index contributed by atoms with van der Waals surface area (Å²) < 4.78 is 5.16. The smallest absolute Gasteiger partial charge is 0.326 e. The van der Waals surface area contributed by atoms with Gasteiger partial charge in [0.1, 0.15) is 11.8 Å². The zero-order valence-electron chi connectivity index (χ0n) is 11.3. The summed E-state index contributed by atoms with van der Waals surface area (Å²) in [4.78, 5) is 22.8. The summed E-state index contributed by atoms with van der Waals surface area (Å²) in [6.45, 7) is 5.43. The predicted molar refractivity (Wildman–Crippen MR) is 69.7 cm³/mol. The van der Waals surface area contributed by atoms with Crippen molar-refractivity contribution in [2.24, 2.45) is 5.92 Å². The van der Waals surface area contributed by atoms with Gasteiger partial charge in [-0.3, -0.25) is 0 Å². The highest BCUT2D eigenvalue weighted by Crippen LogP contribution is 2.12. The number of hydrogen-bond acceptors (Lipinski definition) is 3. The lowest BCUT2D eigenvalue weighted by atomic mass is 9.99. The average Bonchev–Trinajstić information content (AvgIpc) is 2.88. The Kier molecular flexibility index (Phi) is 5.41. The first-order valence-electron chi connectivity index (χ1n) is 6.29. The normalized spacial score (nSPS) is 15.3. The van der Waals surface area contributed by atoms with E-state index in [-0.39, 0.29) is 12.0 Å². The largest absolute Gasteiger partial charge is 0.480 e. The second kappa shape index (κ2) is 6.82. The van der Waals surface area contributed by atoms with E-state index in [4.69, 9.17) is 9.52 Å². The molecule has 3 atom stereocenters. The molecule has 0 radical (unpaired) electrons. The van der Waals surface area contributed by atoms with Crippen LogP contribution in [0, 0.1) is 5.92 Å². The molecule has 0 bridgehead atoms. The summed E-state index contributed by atoms with van der Waals surface area (Å²) in [5.41, 5.74) is 0. The topological polar surface area (TPSA) is 91.6 Å². The zero-order chi connectivity index (χ0) is 14.4. The molecule has 0 fully saturated rings. The fraction of sp³-hybridized carbons (Fsp3) is 0.538. The van der Waals surface area contributed by atoms with Crippen molar-refractivity contribution in [1.82, 2.24) is 10.6 Å². The molecule has 0 aromatic carbocycles. The first-order valence-corrected chi connectivity index (χ1v) is 6.29. The van der Waals surface area contributed by atoms with Crippen LogP contribution >= 0.6 is 0 Å². The summed E-state index contributed by atoms with van der Waals surface area (Å²) in [6, 6.07) is 1.74. The van der Waals surface area contributed by atoms with Crippen molar-refractivity contribution < 1.29 is 19.1 Å². The van der Waals surface area contributed by atoms with Crippen LogP contribution < -0.4 is 10.6 Å². The van der Waals surface area contributed by atoms with Crippen LogP contribution in [0.2, 0.25) is 0 Å². The molecule has 0 saturated carbocycles. The Labute approximate surface area is 112 Å². The van der Waals surface area contributed by atoms with Crippen LogP contribution in [-0.4, -0.2) is 23.1 Å². The summed E-state index contributed by atoms with van der Waals surface area (Å²) in [5.74, 6) is -0.553. The van der Waals surface area contributed by atoms with E-state index >= 15 is 0 Å². The number of carboxylic acid groups (broad SMARTS) is 1. The Hall–Kier alpha value is -1.98. The van der Waals surface area contributed by atoms with Crippen molar-refractivity contribution in [3.8, 4) is 0 Å². The highest BCUT2D eigenvalue weighted by Gasteiger charge is 2.25. The van der Waals surface area contributed by atoms with Gasteiger partial charge in [0, 0.05) is 0 Å². The highest BCUT2D eigenvalue weighted by molar-refractivity contribution is 5.82. The molecule has 106 valence electrons. The molecule has 1 heterocycles. The average molecular weight is 268 g/mol. The van der Waals surface area contributed by atoms with E-state index in [0.717, 1.165) is 0 Å². The number of rotatable bonds is 6. The van der Waals surface area contributed by atoms with Crippen LogP contribution in [0.5, 0.6) is 0 Å². The van der Waals surface area contributed by atoms with E-state index in [9.17, 15) is 9.59 Å². The lowest BCUT2D eigenvalue weighted by molar-refractivity contribution is -0.140. The second-order valence-corrected chi connectivity index (χ2v) is 4.56. The molecular formula is C13H20N2O4. The fourth-order valence-electron chi connectivity index (χ4n) is 1.67. The molecule has 0 saturated heterocycles. The number of nitrogens with one attached hydrogen (secondary N) is 2. The molecule has 2 amide bonds. The monoisotopic (exact) mass is 268 g/mol. The van der Waals surface area contributed by atoms with Crippen molar-refractivity contribution in [2.45, 2.75) is 39.3 Å². The Bertz CT molecular complexity index is 416. The van der Waals surface area contributed by atoms with Crippen molar-refractivity contribution in [3.05, 3.63) is 24.2 Å². The van der Waals surface area contributed by atoms with Crippen molar-refractivity contribution in [3.63, 3.8) is 0 Å². The Morgan fingerprint density at radius 3 is 2.53 bits per heavy atom. The summed E-state index contributed by atoms with van der Waals surface area (Å²) in [6.07, 6.45) is 2.19. The minimum atomic E-state index is -1.03. The Morgan fingerprint density at radius 1 is 1.37 bits per heavy atom. The van der Waals surface area contributed by atoms with E-state index < -0.39 is 18.0 Å². The van der Waals surface area contributed by atoms with Gasteiger partial charge in [-0.1, -0.05) is 20.3 Å². The number of amides is 2. The second-order valence-electron chi connectivity index (χ2n) is 4.56. The van der Waals surface area contributed by atoms with Crippen LogP contribution in [0.4, 0.5) is 4.79 Å². The predicted octanol–water partition coefficient (Wildman–Crippen LogP) is 2.14. The fourth-order valence-corrected chi connectivity index (χ4v) is 1.67. The molecule has 6 heteroatoms. The summed E-state index contributed by atoms with van der Waals surface area (Å²) in [5, 5.41) is 14.2. The summed E-state index contributed by atoms with van der Waals surface area (Å²) >= 11 is 0. The molecule has 6 nitrogen and oxygen atoms in total. The molecule has 1 rings (SSSR count). The zero-order valence-corrected chi connectivity index (χ0v) is 11.3.